The summed E-state index contributed by atoms with van der Waals surface area (Å²) >= 11 is 12.3. The Kier molecular flexibility index (Phi) is 10.2. The third-order valence-corrected chi connectivity index (χ3v) is 9.05. The number of benzene rings is 4. The fourth-order valence-electron chi connectivity index (χ4n) is 5.86. The van der Waals surface area contributed by atoms with Gasteiger partial charge in [0.05, 0.1) is 6.61 Å². The topological polar surface area (TPSA) is 52.9 Å². The molecule has 0 aliphatic heterocycles. The van der Waals surface area contributed by atoms with Gasteiger partial charge in [0.2, 0.25) is 0 Å². The van der Waals surface area contributed by atoms with Crippen LogP contribution in [-0.2, 0) is 28.7 Å². The van der Waals surface area contributed by atoms with Crippen LogP contribution in [0.2, 0.25) is 10.0 Å². The summed E-state index contributed by atoms with van der Waals surface area (Å²) in [4.78, 5) is 2.21. The molecule has 0 saturated heterocycles. The van der Waals surface area contributed by atoms with E-state index in [1.807, 2.05) is 60.7 Å². The smallest absolute Gasteiger partial charge is 0.124 e. The second kappa shape index (κ2) is 13.3. The van der Waals surface area contributed by atoms with Gasteiger partial charge in [0.1, 0.15) is 11.5 Å². The first-order chi connectivity index (χ1) is 20.2. The average Bonchev–Trinajstić information content (AvgIpc) is 2.95. The Morgan fingerprint density at radius 1 is 0.651 bits per heavy atom. The molecular weight excluding hydrogens is 577 g/mol. The molecule has 228 valence electrons. The Morgan fingerprint density at radius 2 is 1.02 bits per heavy atom. The van der Waals surface area contributed by atoms with Crippen LogP contribution in [0.1, 0.15) is 72.2 Å². The molecule has 2 N–H and O–H groups in total. The minimum Gasteiger partial charge on any atom is -0.507 e. The molecule has 6 heteroatoms. The van der Waals surface area contributed by atoms with Gasteiger partial charge < -0.3 is 14.9 Å². The second-order valence-corrected chi connectivity index (χ2v) is 13.5. The number of aromatic hydroxyl groups is 2. The standard InChI is InChI=1S/C37H43Cl2NO3/c1-24-18-26(34(41)32(20-24)36(3,4)28-8-12-30(38)13-9-28)22-40(16-17-43-7)23-27-19-25(2)21-33(35(27)42)37(5,6)29-10-14-31(39)15-11-29/h8-15,18-21,41-42H,16-17,22-23H2,1-7H3. The van der Waals surface area contributed by atoms with E-state index in [0.717, 1.165) is 44.5 Å². The third kappa shape index (κ3) is 7.38. The Balaban J connectivity index is 1.70. The number of rotatable bonds is 11. The summed E-state index contributed by atoms with van der Waals surface area (Å²) in [6, 6.07) is 23.8. The first kappa shape index (κ1) is 32.9. The van der Waals surface area contributed by atoms with Crippen LogP contribution in [0.4, 0.5) is 0 Å². The SMILES string of the molecule is COCCN(Cc1cc(C)cc(C(C)(C)c2ccc(Cl)cc2)c1O)Cc1cc(C)cc(C(C)(C)c2ccc(Cl)cc2)c1O. The van der Waals surface area contributed by atoms with Crippen LogP contribution in [-0.4, -0.2) is 35.4 Å². The number of phenolic OH excluding ortho intramolecular Hbond substituents is 2. The van der Waals surface area contributed by atoms with Gasteiger partial charge in [-0.2, -0.15) is 0 Å². The number of ether oxygens (including phenoxy) is 1. The van der Waals surface area contributed by atoms with E-state index in [0.29, 0.717) is 36.3 Å². The highest BCUT2D eigenvalue weighted by Crippen LogP contribution is 2.42. The van der Waals surface area contributed by atoms with E-state index in [1.54, 1.807) is 7.11 Å². The highest BCUT2D eigenvalue weighted by molar-refractivity contribution is 6.30. The van der Waals surface area contributed by atoms with Crippen LogP contribution in [0.5, 0.6) is 11.5 Å². The zero-order valence-corrected chi connectivity index (χ0v) is 27.8. The largest absolute Gasteiger partial charge is 0.507 e. The number of aryl methyl sites for hydroxylation is 2. The Hall–Kier alpha value is -3.02. The first-order valence-electron chi connectivity index (χ1n) is 14.6. The van der Waals surface area contributed by atoms with Crippen LogP contribution in [0.25, 0.3) is 0 Å². The normalized spacial score (nSPS) is 12.2. The van der Waals surface area contributed by atoms with Crippen molar-refractivity contribution >= 4 is 23.2 Å². The number of nitrogens with zero attached hydrogens (tertiary/aromatic N) is 1. The highest BCUT2D eigenvalue weighted by atomic mass is 35.5. The molecule has 0 unspecified atom stereocenters. The molecule has 4 aromatic rings. The minimum absolute atomic E-state index is 0.283. The van der Waals surface area contributed by atoms with Gasteiger partial charge in [0.15, 0.2) is 0 Å². The fourth-order valence-corrected chi connectivity index (χ4v) is 6.11. The maximum absolute atomic E-state index is 11.7. The molecular formula is C37H43Cl2NO3. The van der Waals surface area contributed by atoms with Gasteiger partial charge >= 0.3 is 0 Å². The predicted octanol–water partition coefficient (Wildman–Crippen LogP) is 9.32. The molecule has 0 aliphatic rings. The van der Waals surface area contributed by atoms with Crippen molar-refractivity contribution in [3.8, 4) is 11.5 Å². The lowest BCUT2D eigenvalue weighted by molar-refractivity contribution is 0.138. The van der Waals surface area contributed by atoms with Gasteiger partial charge in [-0.15, -0.1) is 0 Å². The lowest BCUT2D eigenvalue weighted by atomic mass is 9.76. The van der Waals surface area contributed by atoms with E-state index in [9.17, 15) is 10.2 Å². The van der Waals surface area contributed by atoms with Gasteiger partial charge in [-0.3, -0.25) is 4.90 Å². The third-order valence-electron chi connectivity index (χ3n) is 8.54. The molecule has 4 aromatic carbocycles. The summed E-state index contributed by atoms with van der Waals surface area (Å²) < 4.78 is 5.46. The van der Waals surface area contributed by atoms with E-state index in [1.165, 1.54) is 0 Å². The molecule has 4 rings (SSSR count). The van der Waals surface area contributed by atoms with Crippen molar-refractivity contribution in [3.63, 3.8) is 0 Å². The molecule has 0 amide bonds. The van der Waals surface area contributed by atoms with Gasteiger partial charge in [-0.05, 0) is 49.2 Å². The van der Waals surface area contributed by atoms with E-state index in [-0.39, 0.29) is 11.5 Å². The predicted molar refractivity (Wildman–Crippen MR) is 179 cm³/mol. The van der Waals surface area contributed by atoms with Gasteiger partial charge in [0, 0.05) is 69.9 Å². The second-order valence-electron chi connectivity index (χ2n) is 12.6. The summed E-state index contributed by atoms with van der Waals surface area (Å²) in [6.07, 6.45) is 0. The number of halogens is 2. The van der Waals surface area contributed by atoms with E-state index in [2.05, 4.69) is 58.6 Å². The number of hydrogen-bond donors (Lipinski definition) is 2. The minimum atomic E-state index is -0.441. The van der Waals surface area contributed by atoms with E-state index in [4.69, 9.17) is 27.9 Å². The fraction of sp³-hybridized carbons (Fsp3) is 0.351. The van der Waals surface area contributed by atoms with Crippen molar-refractivity contribution in [3.05, 3.63) is 127 Å². The Morgan fingerprint density at radius 3 is 1.37 bits per heavy atom. The van der Waals surface area contributed by atoms with Crippen molar-refractivity contribution in [2.75, 3.05) is 20.3 Å². The zero-order chi connectivity index (χ0) is 31.5. The molecule has 0 aliphatic carbocycles. The number of hydrogen-bond acceptors (Lipinski definition) is 4. The lowest BCUT2D eigenvalue weighted by Gasteiger charge is -2.31. The lowest BCUT2D eigenvalue weighted by Crippen LogP contribution is -2.28. The van der Waals surface area contributed by atoms with Crippen LogP contribution in [0, 0.1) is 13.8 Å². The van der Waals surface area contributed by atoms with E-state index < -0.39 is 10.8 Å². The number of methoxy groups -OCH3 is 1. The zero-order valence-electron chi connectivity index (χ0n) is 26.3. The van der Waals surface area contributed by atoms with Crippen molar-refractivity contribution < 1.29 is 14.9 Å². The van der Waals surface area contributed by atoms with Crippen molar-refractivity contribution in [1.29, 1.82) is 0 Å². The molecule has 0 fully saturated rings. The number of phenols is 2. The van der Waals surface area contributed by atoms with Crippen LogP contribution < -0.4 is 0 Å². The maximum atomic E-state index is 11.7. The first-order valence-corrected chi connectivity index (χ1v) is 15.4. The molecule has 0 aromatic heterocycles. The molecule has 0 heterocycles. The van der Waals surface area contributed by atoms with Crippen LogP contribution >= 0.6 is 23.2 Å². The molecule has 43 heavy (non-hydrogen) atoms. The molecule has 0 bridgehead atoms. The van der Waals surface area contributed by atoms with E-state index >= 15 is 0 Å². The summed E-state index contributed by atoms with van der Waals surface area (Å²) in [7, 11) is 1.69. The van der Waals surface area contributed by atoms with Gasteiger partial charge in [-0.1, -0.05) is 111 Å². The van der Waals surface area contributed by atoms with Gasteiger partial charge in [0.25, 0.3) is 0 Å². The maximum Gasteiger partial charge on any atom is 0.124 e. The average molecular weight is 621 g/mol. The summed E-state index contributed by atoms with van der Waals surface area (Å²) in [5, 5.41) is 24.7. The molecule has 4 nitrogen and oxygen atoms in total. The quantitative estimate of drug-likeness (QED) is 0.176. The summed E-state index contributed by atoms with van der Waals surface area (Å²) in [5.74, 6) is 0.567. The monoisotopic (exact) mass is 619 g/mol. The Labute approximate surface area is 266 Å². The molecule has 0 atom stereocenters. The van der Waals surface area contributed by atoms with Crippen LogP contribution in [0.15, 0.2) is 72.8 Å². The Bertz CT molecular complexity index is 1450. The molecule has 0 saturated carbocycles. The van der Waals surface area contributed by atoms with Crippen molar-refractivity contribution in [1.82, 2.24) is 4.90 Å². The van der Waals surface area contributed by atoms with Crippen molar-refractivity contribution in [2.45, 2.75) is 65.5 Å². The highest BCUT2D eigenvalue weighted by Gasteiger charge is 2.30. The summed E-state index contributed by atoms with van der Waals surface area (Å²) in [5.41, 5.74) is 6.80. The van der Waals surface area contributed by atoms with Crippen molar-refractivity contribution in [2.24, 2.45) is 0 Å². The molecule has 0 radical (unpaired) electrons. The van der Waals surface area contributed by atoms with Gasteiger partial charge in [-0.25, -0.2) is 0 Å². The molecule has 0 spiro atoms. The summed E-state index contributed by atoms with van der Waals surface area (Å²) in [6.45, 7) is 14.7. The van der Waals surface area contributed by atoms with Crippen LogP contribution in [0.3, 0.4) is 0 Å².